The quantitative estimate of drug-likeness (QED) is 0.505. The maximum atomic E-state index is 11.3. The van der Waals surface area contributed by atoms with E-state index in [0.717, 1.165) is 0 Å². The molecule has 0 atom stereocenters. The van der Waals surface area contributed by atoms with Gasteiger partial charge in [0.2, 0.25) is 0 Å². The van der Waals surface area contributed by atoms with Crippen LogP contribution in [0.4, 0.5) is 0 Å². The molecular formula is C13H21NO4. The van der Waals surface area contributed by atoms with E-state index in [-0.39, 0.29) is 19.0 Å². The van der Waals surface area contributed by atoms with E-state index < -0.39 is 11.4 Å². The Morgan fingerprint density at radius 2 is 1.83 bits per heavy atom. The third-order valence-electron chi connectivity index (χ3n) is 2.56. The largest absolute Gasteiger partial charge is 0.481 e. The molecule has 1 N–H and O–H groups in total. The molecule has 0 saturated heterocycles. The van der Waals surface area contributed by atoms with Gasteiger partial charge < -0.3 is 9.84 Å². The van der Waals surface area contributed by atoms with Gasteiger partial charge in [0.15, 0.2) is 0 Å². The van der Waals surface area contributed by atoms with Crippen LogP contribution in [0.15, 0.2) is 0 Å². The van der Waals surface area contributed by atoms with Gasteiger partial charge in [-0.05, 0) is 33.1 Å². The molecule has 18 heavy (non-hydrogen) atoms. The lowest BCUT2D eigenvalue weighted by Crippen LogP contribution is -2.14. The average Bonchev–Trinajstić information content (AvgIpc) is 2.28. The summed E-state index contributed by atoms with van der Waals surface area (Å²) in [6.07, 6.45) is 2.93. The van der Waals surface area contributed by atoms with Crippen molar-refractivity contribution in [3.8, 4) is 6.07 Å². The zero-order valence-electron chi connectivity index (χ0n) is 11.1. The molecule has 0 aromatic carbocycles. The van der Waals surface area contributed by atoms with Gasteiger partial charge in [0, 0.05) is 12.8 Å². The summed E-state index contributed by atoms with van der Waals surface area (Å²) in [4.78, 5) is 21.5. The number of nitrogens with zero attached hydrogens (tertiary/aromatic N) is 1. The van der Waals surface area contributed by atoms with Crippen molar-refractivity contribution >= 4 is 11.9 Å². The fraction of sp³-hybridized carbons (Fsp3) is 0.769. The molecule has 5 heteroatoms. The molecule has 102 valence electrons. The maximum Gasteiger partial charge on any atom is 0.305 e. The van der Waals surface area contributed by atoms with Crippen LogP contribution < -0.4 is 0 Å². The number of aliphatic carboxylic acids is 1. The highest BCUT2D eigenvalue weighted by Crippen LogP contribution is 2.18. The molecule has 0 rings (SSSR count). The van der Waals surface area contributed by atoms with Crippen LogP contribution in [-0.2, 0) is 14.3 Å². The summed E-state index contributed by atoms with van der Waals surface area (Å²) in [7, 11) is 0. The van der Waals surface area contributed by atoms with Gasteiger partial charge in [0.25, 0.3) is 0 Å². The molecule has 0 amide bonds. The molecule has 0 unspecified atom stereocenters. The van der Waals surface area contributed by atoms with Crippen molar-refractivity contribution in [2.75, 3.05) is 6.61 Å². The second kappa shape index (κ2) is 8.51. The van der Waals surface area contributed by atoms with E-state index in [0.29, 0.717) is 32.1 Å². The lowest BCUT2D eigenvalue weighted by Gasteiger charge is -2.14. The Balaban J connectivity index is 3.50. The Hall–Kier alpha value is -1.57. The Morgan fingerprint density at radius 3 is 2.39 bits per heavy atom. The number of carboxylic acids is 1. The summed E-state index contributed by atoms with van der Waals surface area (Å²) in [5, 5.41) is 17.2. The molecule has 0 aliphatic carbocycles. The number of rotatable bonds is 9. The van der Waals surface area contributed by atoms with E-state index in [9.17, 15) is 9.59 Å². The van der Waals surface area contributed by atoms with Gasteiger partial charge >= 0.3 is 11.9 Å². The molecule has 0 fully saturated rings. The summed E-state index contributed by atoms with van der Waals surface area (Å²) >= 11 is 0. The van der Waals surface area contributed by atoms with Gasteiger partial charge in [-0.25, -0.2) is 0 Å². The van der Waals surface area contributed by atoms with E-state index in [4.69, 9.17) is 15.1 Å². The predicted molar refractivity (Wildman–Crippen MR) is 65.7 cm³/mol. The number of hydrogen-bond acceptors (Lipinski definition) is 4. The molecule has 0 radical (unpaired) electrons. The van der Waals surface area contributed by atoms with Crippen molar-refractivity contribution in [1.82, 2.24) is 0 Å². The Labute approximate surface area is 108 Å². The van der Waals surface area contributed by atoms with E-state index in [1.807, 2.05) is 0 Å². The van der Waals surface area contributed by atoms with Crippen molar-refractivity contribution in [1.29, 1.82) is 5.26 Å². The standard InChI is InChI=1S/C13H21NO4/c1-13(2,10-14)8-9-18-12(17)7-5-3-4-6-11(15)16/h3-9H2,1-2H3,(H,15,16). The smallest absolute Gasteiger partial charge is 0.305 e. The first-order valence-electron chi connectivity index (χ1n) is 6.16. The van der Waals surface area contributed by atoms with Crippen LogP contribution in [0.2, 0.25) is 0 Å². The lowest BCUT2D eigenvalue weighted by molar-refractivity contribution is -0.144. The van der Waals surface area contributed by atoms with Gasteiger partial charge in [-0.3, -0.25) is 9.59 Å². The fourth-order valence-corrected chi connectivity index (χ4v) is 1.27. The molecule has 0 saturated carbocycles. The Morgan fingerprint density at radius 1 is 1.22 bits per heavy atom. The van der Waals surface area contributed by atoms with E-state index >= 15 is 0 Å². The van der Waals surface area contributed by atoms with Gasteiger partial charge in [0.05, 0.1) is 18.1 Å². The summed E-state index contributed by atoms with van der Waals surface area (Å²) in [6.45, 7) is 3.86. The molecule has 0 aromatic heterocycles. The van der Waals surface area contributed by atoms with Gasteiger partial charge in [-0.1, -0.05) is 6.42 Å². The number of esters is 1. The monoisotopic (exact) mass is 255 g/mol. The summed E-state index contributed by atoms with van der Waals surface area (Å²) in [5.41, 5.74) is -0.470. The summed E-state index contributed by atoms with van der Waals surface area (Å²) < 4.78 is 5.00. The number of carbonyl (C=O) groups is 2. The second-order valence-electron chi connectivity index (χ2n) is 4.92. The number of carbonyl (C=O) groups excluding carboxylic acids is 1. The molecular weight excluding hydrogens is 234 g/mol. The highest BCUT2D eigenvalue weighted by atomic mass is 16.5. The highest BCUT2D eigenvalue weighted by Gasteiger charge is 2.17. The third-order valence-corrected chi connectivity index (χ3v) is 2.56. The van der Waals surface area contributed by atoms with Crippen LogP contribution in [0.5, 0.6) is 0 Å². The van der Waals surface area contributed by atoms with Crippen molar-refractivity contribution in [3.63, 3.8) is 0 Å². The number of carboxylic acid groups (broad SMARTS) is 1. The first-order chi connectivity index (χ1) is 8.37. The minimum Gasteiger partial charge on any atom is -0.481 e. The third kappa shape index (κ3) is 9.64. The highest BCUT2D eigenvalue weighted by molar-refractivity contribution is 5.69. The number of unbranched alkanes of at least 4 members (excludes halogenated alkanes) is 2. The van der Waals surface area contributed by atoms with Crippen LogP contribution >= 0.6 is 0 Å². The maximum absolute atomic E-state index is 11.3. The fourth-order valence-electron chi connectivity index (χ4n) is 1.27. The summed E-state index contributed by atoms with van der Waals surface area (Å²) in [6, 6.07) is 2.14. The van der Waals surface area contributed by atoms with Crippen LogP contribution in [0.25, 0.3) is 0 Å². The van der Waals surface area contributed by atoms with Crippen molar-refractivity contribution in [2.24, 2.45) is 5.41 Å². The minimum atomic E-state index is -0.809. The van der Waals surface area contributed by atoms with Crippen molar-refractivity contribution in [3.05, 3.63) is 0 Å². The van der Waals surface area contributed by atoms with Crippen LogP contribution in [0, 0.1) is 16.7 Å². The molecule has 5 nitrogen and oxygen atoms in total. The number of nitriles is 1. The normalized spacial score (nSPS) is 10.7. The minimum absolute atomic E-state index is 0.144. The Kier molecular flexibility index (Phi) is 7.77. The molecule has 0 aliphatic rings. The SMILES string of the molecule is CC(C)(C#N)CCOC(=O)CCCCCC(=O)O. The predicted octanol–water partition coefficient (Wildman–Crippen LogP) is 2.50. The van der Waals surface area contributed by atoms with Crippen molar-refractivity contribution in [2.45, 2.75) is 52.4 Å². The number of ether oxygens (including phenoxy) is 1. The van der Waals surface area contributed by atoms with E-state index in [2.05, 4.69) is 6.07 Å². The number of hydrogen-bond donors (Lipinski definition) is 1. The first-order valence-corrected chi connectivity index (χ1v) is 6.16. The zero-order chi connectivity index (χ0) is 14.0. The lowest BCUT2D eigenvalue weighted by atomic mass is 9.92. The van der Waals surface area contributed by atoms with Crippen LogP contribution in [0.3, 0.4) is 0 Å². The summed E-state index contributed by atoms with van der Waals surface area (Å²) in [5.74, 6) is -1.09. The molecule has 0 spiro atoms. The average molecular weight is 255 g/mol. The van der Waals surface area contributed by atoms with Gasteiger partial charge in [-0.15, -0.1) is 0 Å². The molecule has 0 aromatic rings. The van der Waals surface area contributed by atoms with Crippen LogP contribution in [-0.4, -0.2) is 23.7 Å². The Bertz CT molecular complexity index is 317. The first kappa shape index (κ1) is 16.4. The van der Waals surface area contributed by atoms with E-state index in [1.165, 1.54) is 0 Å². The zero-order valence-corrected chi connectivity index (χ0v) is 11.1. The van der Waals surface area contributed by atoms with Crippen LogP contribution in [0.1, 0.15) is 52.4 Å². The molecule has 0 heterocycles. The molecule has 0 aliphatic heterocycles. The van der Waals surface area contributed by atoms with Crippen molar-refractivity contribution < 1.29 is 19.4 Å². The molecule has 0 bridgehead atoms. The van der Waals surface area contributed by atoms with Gasteiger partial charge in [-0.2, -0.15) is 5.26 Å². The topological polar surface area (TPSA) is 87.4 Å². The second-order valence-corrected chi connectivity index (χ2v) is 4.92. The van der Waals surface area contributed by atoms with E-state index in [1.54, 1.807) is 13.8 Å². The van der Waals surface area contributed by atoms with Gasteiger partial charge in [0.1, 0.15) is 0 Å².